The van der Waals surface area contributed by atoms with E-state index in [1.807, 2.05) is 37.3 Å². The summed E-state index contributed by atoms with van der Waals surface area (Å²) in [4.78, 5) is 0.452. The summed E-state index contributed by atoms with van der Waals surface area (Å²) >= 11 is 0. The summed E-state index contributed by atoms with van der Waals surface area (Å²) in [6.07, 6.45) is 2.50. The van der Waals surface area contributed by atoms with E-state index < -0.39 is 9.84 Å². The minimum Gasteiger partial charge on any atom is -0.224 e. The lowest BCUT2D eigenvalue weighted by Crippen LogP contribution is -2.05. The fraction of sp³-hybridized carbons (Fsp3) is 0.333. The molecular formula is C12H16O2S. The van der Waals surface area contributed by atoms with Crippen LogP contribution >= 0.6 is 0 Å². The van der Waals surface area contributed by atoms with Crippen LogP contribution in [0.15, 0.2) is 36.4 Å². The molecule has 0 aromatic heterocycles. The van der Waals surface area contributed by atoms with E-state index in [1.54, 1.807) is 13.0 Å². The van der Waals surface area contributed by atoms with Crippen molar-refractivity contribution in [1.82, 2.24) is 0 Å². The van der Waals surface area contributed by atoms with Gasteiger partial charge in [-0.25, -0.2) is 8.42 Å². The Morgan fingerprint density at radius 3 is 2.27 bits per heavy atom. The van der Waals surface area contributed by atoms with Gasteiger partial charge in [-0.2, -0.15) is 0 Å². The lowest BCUT2D eigenvalue weighted by atomic mass is 10.2. The lowest BCUT2D eigenvalue weighted by molar-refractivity contribution is 0.607. The van der Waals surface area contributed by atoms with E-state index in [9.17, 15) is 8.42 Å². The van der Waals surface area contributed by atoms with Crippen LogP contribution in [0.5, 0.6) is 0 Å². The molecule has 0 unspecified atom stereocenters. The Balaban J connectivity index is 3.23. The zero-order valence-electron chi connectivity index (χ0n) is 9.10. The molecule has 1 rings (SSSR count). The first-order chi connectivity index (χ1) is 7.11. The molecule has 0 fully saturated rings. The Morgan fingerprint density at radius 1 is 1.20 bits per heavy atom. The molecule has 0 saturated heterocycles. The summed E-state index contributed by atoms with van der Waals surface area (Å²) in [5, 5.41) is 0. The highest BCUT2D eigenvalue weighted by atomic mass is 32.2. The van der Waals surface area contributed by atoms with Crippen LogP contribution < -0.4 is 0 Å². The molecule has 0 aliphatic carbocycles. The van der Waals surface area contributed by atoms with Gasteiger partial charge in [0.15, 0.2) is 9.84 Å². The first-order valence-corrected chi connectivity index (χ1v) is 6.75. The summed E-state index contributed by atoms with van der Waals surface area (Å²) in [5.41, 5.74) is 0.779. The lowest BCUT2D eigenvalue weighted by Gasteiger charge is -2.07. The smallest absolute Gasteiger partial charge is 0.178 e. The van der Waals surface area contributed by atoms with Crippen molar-refractivity contribution in [3.8, 4) is 0 Å². The molecule has 1 aromatic rings. The van der Waals surface area contributed by atoms with Crippen molar-refractivity contribution in [3.63, 3.8) is 0 Å². The number of hydrogen-bond donors (Lipinski definition) is 0. The molecule has 0 aliphatic heterocycles. The average Bonchev–Trinajstić information content (AvgIpc) is 2.27. The van der Waals surface area contributed by atoms with Gasteiger partial charge in [0.25, 0.3) is 0 Å². The second kappa shape index (κ2) is 5.12. The second-order valence-corrected chi connectivity index (χ2v) is 5.49. The largest absolute Gasteiger partial charge is 0.224 e. The molecular weight excluding hydrogens is 208 g/mol. The number of hydrogen-bond acceptors (Lipinski definition) is 2. The van der Waals surface area contributed by atoms with E-state index in [-0.39, 0.29) is 5.75 Å². The maximum Gasteiger partial charge on any atom is 0.178 e. The third kappa shape index (κ3) is 2.93. The summed E-state index contributed by atoms with van der Waals surface area (Å²) in [6, 6.07) is 9.24. The number of benzene rings is 1. The normalized spacial score (nSPS) is 12.8. The van der Waals surface area contributed by atoms with Gasteiger partial charge in [0.2, 0.25) is 0 Å². The predicted octanol–water partition coefficient (Wildman–Crippen LogP) is 2.87. The zero-order valence-corrected chi connectivity index (χ0v) is 9.92. The third-order valence-electron chi connectivity index (χ3n) is 2.16. The van der Waals surface area contributed by atoms with Gasteiger partial charge in [0, 0.05) is 0 Å². The monoisotopic (exact) mass is 224 g/mol. The fourth-order valence-corrected chi connectivity index (χ4v) is 2.59. The fourth-order valence-electron chi connectivity index (χ4n) is 1.37. The molecule has 82 valence electrons. The quantitative estimate of drug-likeness (QED) is 0.788. The van der Waals surface area contributed by atoms with E-state index in [0.717, 1.165) is 12.0 Å². The second-order valence-electron chi connectivity index (χ2n) is 3.25. The molecule has 2 nitrogen and oxygen atoms in total. The number of rotatable bonds is 4. The van der Waals surface area contributed by atoms with Crippen LogP contribution in [0.1, 0.15) is 25.8 Å². The maximum atomic E-state index is 11.8. The van der Waals surface area contributed by atoms with Gasteiger partial charge in [-0.1, -0.05) is 50.3 Å². The Bertz CT molecular complexity index is 430. The van der Waals surface area contributed by atoms with E-state index in [4.69, 9.17) is 0 Å². The number of sulfone groups is 1. The summed E-state index contributed by atoms with van der Waals surface area (Å²) in [6.45, 7) is 3.61. The molecule has 0 atom stereocenters. The van der Waals surface area contributed by atoms with Crippen LogP contribution in [0.3, 0.4) is 0 Å². The van der Waals surface area contributed by atoms with Crippen LogP contribution in [-0.2, 0) is 9.84 Å². The average molecular weight is 224 g/mol. The summed E-state index contributed by atoms with van der Waals surface area (Å²) in [5.74, 6) is 0.147. The van der Waals surface area contributed by atoms with Gasteiger partial charge in [-0.05, 0) is 12.0 Å². The highest BCUT2D eigenvalue weighted by Crippen LogP contribution is 2.21. The van der Waals surface area contributed by atoms with Crippen molar-refractivity contribution in [2.75, 3.05) is 5.75 Å². The topological polar surface area (TPSA) is 34.1 Å². The van der Waals surface area contributed by atoms with Gasteiger partial charge >= 0.3 is 0 Å². The molecule has 15 heavy (non-hydrogen) atoms. The predicted molar refractivity (Wildman–Crippen MR) is 64.2 cm³/mol. The summed E-state index contributed by atoms with van der Waals surface area (Å²) < 4.78 is 23.6. The molecule has 0 amide bonds. The minimum absolute atomic E-state index is 0.147. The molecule has 0 aliphatic rings. The van der Waals surface area contributed by atoms with Gasteiger partial charge < -0.3 is 0 Å². The van der Waals surface area contributed by atoms with Crippen LogP contribution in [0.4, 0.5) is 0 Å². The van der Waals surface area contributed by atoms with Crippen molar-refractivity contribution in [2.45, 2.75) is 20.3 Å². The van der Waals surface area contributed by atoms with Crippen LogP contribution in [-0.4, -0.2) is 14.2 Å². The Labute approximate surface area is 91.6 Å². The standard InChI is InChI=1S/C12H16O2S/c1-3-8-12(15(13,14)4-2)11-9-6-5-7-10-11/h5-10H,3-4H2,1-2H3. The van der Waals surface area contributed by atoms with E-state index >= 15 is 0 Å². The molecule has 0 saturated carbocycles. The van der Waals surface area contributed by atoms with Crippen molar-refractivity contribution in [1.29, 1.82) is 0 Å². The van der Waals surface area contributed by atoms with Crippen LogP contribution in [0.25, 0.3) is 4.91 Å². The Kier molecular flexibility index (Phi) is 4.09. The SMILES string of the molecule is CCC=C(c1ccccc1)S(=O)(=O)CC. The maximum absolute atomic E-state index is 11.8. The van der Waals surface area contributed by atoms with Gasteiger partial charge in [-0.3, -0.25) is 0 Å². The van der Waals surface area contributed by atoms with Gasteiger partial charge in [0.1, 0.15) is 0 Å². The molecule has 1 aromatic carbocycles. The Hall–Kier alpha value is -1.09. The van der Waals surface area contributed by atoms with Crippen LogP contribution in [0.2, 0.25) is 0 Å². The van der Waals surface area contributed by atoms with Gasteiger partial charge in [0.05, 0.1) is 10.7 Å². The highest BCUT2D eigenvalue weighted by molar-refractivity contribution is 8.00. The zero-order chi connectivity index (χ0) is 11.3. The van der Waals surface area contributed by atoms with E-state index in [0.29, 0.717) is 4.91 Å². The van der Waals surface area contributed by atoms with E-state index in [2.05, 4.69) is 0 Å². The number of allylic oxidation sites excluding steroid dienone is 1. The summed E-state index contributed by atoms with van der Waals surface area (Å²) in [7, 11) is -3.11. The first kappa shape index (κ1) is 12.0. The van der Waals surface area contributed by atoms with Crippen molar-refractivity contribution in [2.24, 2.45) is 0 Å². The van der Waals surface area contributed by atoms with Crippen LogP contribution in [0, 0.1) is 0 Å². The van der Waals surface area contributed by atoms with Crippen molar-refractivity contribution in [3.05, 3.63) is 42.0 Å². The molecule has 0 radical (unpaired) electrons. The Morgan fingerprint density at radius 2 is 1.80 bits per heavy atom. The van der Waals surface area contributed by atoms with E-state index in [1.165, 1.54) is 0 Å². The highest BCUT2D eigenvalue weighted by Gasteiger charge is 2.16. The third-order valence-corrected chi connectivity index (χ3v) is 4.00. The van der Waals surface area contributed by atoms with Crippen molar-refractivity contribution >= 4 is 14.7 Å². The van der Waals surface area contributed by atoms with Gasteiger partial charge in [-0.15, -0.1) is 0 Å². The molecule has 0 bridgehead atoms. The molecule has 0 heterocycles. The minimum atomic E-state index is -3.11. The molecule has 3 heteroatoms. The van der Waals surface area contributed by atoms with Crippen molar-refractivity contribution < 1.29 is 8.42 Å². The first-order valence-electron chi connectivity index (χ1n) is 5.10. The molecule has 0 spiro atoms. The molecule has 0 N–H and O–H groups in total.